The normalized spacial score (nSPS) is 16.1. The molecule has 0 fully saturated rings. The van der Waals surface area contributed by atoms with Crippen LogP contribution in [0.15, 0.2) is 72.8 Å². The van der Waals surface area contributed by atoms with Gasteiger partial charge in [-0.15, -0.1) is 0 Å². The second kappa shape index (κ2) is 7.05. The van der Waals surface area contributed by atoms with Gasteiger partial charge < -0.3 is 9.88 Å². The number of H-pyrrole nitrogens is 1. The van der Waals surface area contributed by atoms with Crippen LogP contribution in [0.2, 0.25) is 5.02 Å². The Bertz CT molecular complexity index is 1220. The van der Waals surface area contributed by atoms with E-state index in [1.54, 1.807) is 12.1 Å². The van der Waals surface area contributed by atoms with E-state index in [0.717, 1.165) is 23.2 Å². The van der Waals surface area contributed by atoms with Crippen molar-refractivity contribution >= 4 is 28.4 Å². The molecule has 2 heterocycles. The molecule has 1 aliphatic rings. The van der Waals surface area contributed by atoms with Crippen LogP contribution in [0.5, 0.6) is 0 Å². The van der Waals surface area contributed by atoms with Gasteiger partial charge in [0.15, 0.2) is 0 Å². The molecule has 5 heteroatoms. The Morgan fingerprint density at radius 1 is 1.03 bits per heavy atom. The number of aromatic amines is 1. The first kappa shape index (κ1) is 18.0. The fraction of sp³-hybridized carbons (Fsp3) is 0.125. The first-order chi connectivity index (χ1) is 14.1. The number of nitrogens with one attached hydrogen (secondary N) is 1. The predicted octanol–water partition coefficient (Wildman–Crippen LogP) is 5.75. The van der Waals surface area contributed by atoms with Crippen molar-refractivity contribution in [3.8, 4) is 0 Å². The van der Waals surface area contributed by atoms with Gasteiger partial charge >= 0.3 is 0 Å². The molecule has 1 N–H and O–H groups in total. The maximum absolute atomic E-state index is 13.7. The van der Waals surface area contributed by atoms with Gasteiger partial charge in [-0.3, -0.25) is 4.79 Å². The summed E-state index contributed by atoms with van der Waals surface area (Å²) in [7, 11) is 0. The molecule has 3 nitrogen and oxygen atoms in total. The Balaban J connectivity index is 1.66. The summed E-state index contributed by atoms with van der Waals surface area (Å²) in [5, 5.41) is 1.82. The number of hydrogen-bond donors (Lipinski definition) is 1. The Kier molecular flexibility index (Phi) is 4.36. The summed E-state index contributed by atoms with van der Waals surface area (Å²) >= 11 is 6.10. The average Bonchev–Trinajstić information content (AvgIpc) is 3.12. The first-order valence-corrected chi connectivity index (χ1v) is 9.91. The zero-order chi connectivity index (χ0) is 20.0. The van der Waals surface area contributed by atoms with Gasteiger partial charge in [0.1, 0.15) is 5.82 Å². The lowest BCUT2D eigenvalue weighted by Gasteiger charge is -2.36. The van der Waals surface area contributed by atoms with Gasteiger partial charge in [0, 0.05) is 33.7 Å². The highest BCUT2D eigenvalue weighted by molar-refractivity contribution is 6.30. The van der Waals surface area contributed by atoms with Crippen LogP contribution < -0.4 is 0 Å². The van der Waals surface area contributed by atoms with Crippen LogP contribution in [0.4, 0.5) is 4.39 Å². The summed E-state index contributed by atoms with van der Waals surface area (Å²) in [5.74, 6) is -0.601. The lowest BCUT2D eigenvalue weighted by molar-refractivity contribution is 0.0691. The number of carbonyl (C=O) groups excluding carboxylic acids is 1. The molecule has 0 saturated heterocycles. The minimum atomic E-state index is -0.415. The first-order valence-electron chi connectivity index (χ1n) is 9.53. The number of rotatable bonds is 2. The number of hydrogen-bond acceptors (Lipinski definition) is 1. The number of fused-ring (bicyclic) bond motifs is 3. The molecule has 4 aromatic rings. The van der Waals surface area contributed by atoms with E-state index < -0.39 is 5.82 Å². The second-order valence-electron chi connectivity index (χ2n) is 7.28. The summed E-state index contributed by atoms with van der Waals surface area (Å²) in [6.45, 7) is 0.553. The van der Waals surface area contributed by atoms with E-state index in [2.05, 4.69) is 11.1 Å². The van der Waals surface area contributed by atoms with Gasteiger partial charge in [-0.1, -0.05) is 48.0 Å². The van der Waals surface area contributed by atoms with Crippen molar-refractivity contribution in [3.05, 3.63) is 106 Å². The second-order valence-corrected chi connectivity index (χ2v) is 7.71. The van der Waals surface area contributed by atoms with Crippen LogP contribution in [0, 0.1) is 5.82 Å². The van der Waals surface area contributed by atoms with Crippen molar-refractivity contribution in [2.45, 2.75) is 12.5 Å². The molecule has 0 aliphatic carbocycles. The van der Waals surface area contributed by atoms with Crippen molar-refractivity contribution in [2.24, 2.45) is 0 Å². The molecule has 144 valence electrons. The summed E-state index contributed by atoms with van der Waals surface area (Å²) in [5.41, 5.74) is 4.60. The molecule has 0 saturated carbocycles. The number of halogens is 2. The molecule has 1 unspecified atom stereocenters. The maximum Gasteiger partial charge on any atom is 0.254 e. The number of amides is 1. The summed E-state index contributed by atoms with van der Waals surface area (Å²) in [4.78, 5) is 18.7. The van der Waals surface area contributed by atoms with Gasteiger partial charge in [0.25, 0.3) is 5.91 Å². The highest BCUT2D eigenvalue weighted by Crippen LogP contribution is 2.39. The maximum atomic E-state index is 13.7. The number of carbonyl (C=O) groups is 1. The van der Waals surface area contributed by atoms with Crippen LogP contribution in [0.3, 0.4) is 0 Å². The summed E-state index contributed by atoms with van der Waals surface area (Å²) in [6.07, 6.45) is 0.741. The Hall–Kier alpha value is -3.11. The lowest BCUT2D eigenvalue weighted by atomic mass is 9.91. The minimum Gasteiger partial charge on any atom is -0.356 e. The van der Waals surface area contributed by atoms with Crippen molar-refractivity contribution in [2.75, 3.05) is 6.54 Å². The van der Waals surface area contributed by atoms with E-state index in [0.29, 0.717) is 17.1 Å². The van der Waals surface area contributed by atoms with E-state index in [9.17, 15) is 9.18 Å². The largest absolute Gasteiger partial charge is 0.356 e. The molecule has 29 heavy (non-hydrogen) atoms. The SMILES string of the molecule is O=C(c1cccc(F)c1)N1CCc2c([nH]c3ccccc23)C1c1ccc(Cl)cc1. The summed E-state index contributed by atoms with van der Waals surface area (Å²) < 4.78 is 13.7. The van der Waals surface area contributed by atoms with E-state index in [-0.39, 0.29) is 11.9 Å². The average molecular weight is 405 g/mol. The fourth-order valence-electron chi connectivity index (χ4n) is 4.24. The van der Waals surface area contributed by atoms with Gasteiger partial charge in [0.05, 0.1) is 6.04 Å². The van der Waals surface area contributed by atoms with Gasteiger partial charge in [-0.25, -0.2) is 4.39 Å². The Labute approximate surface area is 172 Å². The number of para-hydroxylation sites is 1. The van der Waals surface area contributed by atoms with Gasteiger partial charge in [-0.2, -0.15) is 0 Å². The third kappa shape index (κ3) is 3.10. The molecule has 0 spiro atoms. The van der Waals surface area contributed by atoms with Crippen molar-refractivity contribution in [3.63, 3.8) is 0 Å². The molecule has 1 amide bonds. The van der Waals surface area contributed by atoms with Gasteiger partial charge in [0.2, 0.25) is 0 Å². The molecular formula is C24H18ClFN2O. The molecule has 0 radical (unpaired) electrons. The predicted molar refractivity (Wildman–Crippen MR) is 113 cm³/mol. The van der Waals surface area contributed by atoms with Crippen molar-refractivity contribution in [1.82, 2.24) is 9.88 Å². The smallest absolute Gasteiger partial charge is 0.254 e. The van der Waals surface area contributed by atoms with Crippen molar-refractivity contribution < 1.29 is 9.18 Å². The molecule has 3 aromatic carbocycles. The molecule has 1 aliphatic heterocycles. The number of nitrogens with zero attached hydrogens (tertiary/aromatic N) is 1. The number of benzene rings is 3. The van der Waals surface area contributed by atoms with Crippen LogP contribution in [0.25, 0.3) is 10.9 Å². The Morgan fingerprint density at radius 2 is 1.83 bits per heavy atom. The molecule has 0 bridgehead atoms. The quantitative estimate of drug-likeness (QED) is 0.453. The monoisotopic (exact) mass is 404 g/mol. The van der Waals surface area contributed by atoms with Crippen LogP contribution in [-0.4, -0.2) is 22.3 Å². The van der Waals surface area contributed by atoms with Crippen LogP contribution in [-0.2, 0) is 6.42 Å². The lowest BCUT2D eigenvalue weighted by Crippen LogP contribution is -2.40. The van der Waals surface area contributed by atoms with Gasteiger partial charge in [-0.05, 0) is 53.9 Å². The number of aromatic nitrogens is 1. The molecule has 1 aromatic heterocycles. The van der Waals surface area contributed by atoms with E-state index in [4.69, 9.17) is 11.6 Å². The topological polar surface area (TPSA) is 36.1 Å². The van der Waals surface area contributed by atoms with Crippen LogP contribution in [0.1, 0.15) is 33.2 Å². The summed E-state index contributed by atoms with van der Waals surface area (Å²) in [6, 6.07) is 21.3. The van der Waals surface area contributed by atoms with Crippen molar-refractivity contribution in [1.29, 1.82) is 0 Å². The zero-order valence-corrected chi connectivity index (χ0v) is 16.3. The van der Waals surface area contributed by atoms with E-state index in [1.165, 1.54) is 23.1 Å². The molecular weight excluding hydrogens is 387 g/mol. The highest BCUT2D eigenvalue weighted by atomic mass is 35.5. The zero-order valence-electron chi connectivity index (χ0n) is 15.5. The minimum absolute atomic E-state index is 0.186. The Morgan fingerprint density at radius 3 is 2.62 bits per heavy atom. The van der Waals surface area contributed by atoms with Crippen LogP contribution >= 0.6 is 11.6 Å². The third-order valence-corrected chi connectivity index (χ3v) is 5.80. The third-order valence-electron chi connectivity index (χ3n) is 5.55. The molecule has 1 atom stereocenters. The van der Waals surface area contributed by atoms with E-state index >= 15 is 0 Å². The highest BCUT2D eigenvalue weighted by Gasteiger charge is 2.35. The van der Waals surface area contributed by atoms with E-state index in [1.807, 2.05) is 47.4 Å². The standard InChI is InChI=1S/C24H18ClFN2O/c25-17-10-8-15(9-11-17)23-22-20(19-6-1-2-7-21(19)27-22)12-13-28(23)24(29)16-4-3-5-18(26)14-16/h1-11,14,23,27H,12-13H2. The molecule has 5 rings (SSSR count). The fourth-order valence-corrected chi connectivity index (χ4v) is 4.36.